The summed E-state index contributed by atoms with van der Waals surface area (Å²) in [5.74, 6) is 0.747. The van der Waals surface area contributed by atoms with Crippen molar-refractivity contribution < 1.29 is 4.79 Å². The Morgan fingerprint density at radius 1 is 1.35 bits per heavy atom. The minimum Gasteiger partial charge on any atom is -0.336 e. The molecule has 0 aliphatic heterocycles. The Morgan fingerprint density at radius 3 is 2.52 bits per heavy atom. The molecule has 0 radical (unpaired) electrons. The summed E-state index contributed by atoms with van der Waals surface area (Å²) in [6.45, 7) is 2.59. The average Bonchev–Trinajstić information content (AvgIpc) is 2.79. The molecule has 0 aromatic carbocycles. The summed E-state index contributed by atoms with van der Waals surface area (Å²) in [6, 6.07) is -0.321. The number of rotatable bonds is 5. The third kappa shape index (κ3) is 4.43. The largest absolute Gasteiger partial charge is 0.336 e. The quantitative estimate of drug-likeness (QED) is 0.811. The van der Waals surface area contributed by atoms with Crippen LogP contribution in [0.3, 0.4) is 0 Å². The van der Waals surface area contributed by atoms with Crippen LogP contribution in [0.4, 0.5) is 4.79 Å². The molecule has 2 amide bonds. The molecule has 1 heterocycles. The van der Waals surface area contributed by atoms with Crippen molar-refractivity contribution in [2.24, 2.45) is 7.05 Å². The molecule has 1 aliphatic carbocycles. The third-order valence-electron chi connectivity index (χ3n) is 5.04. The van der Waals surface area contributed by atoms with Crippen LogP contribution in [0.25, 0.3) is 0 Å². The number of aryl methyl sites for hydroxylation is 1. The lowest BCUT2D eigenvalue weighted by Gasteiger charge is -2.39. The maximum atomic E-state index is 12.3. The molecule has 0 spiro atoms. The summed E-state index contributed by atoms with van der Waals surface area (Å²) < 4.78 is 1.82. The Morgan fingerprint density at radius 2 is 2.00 bits per heavy atom. The van der Waals surface area contributed by atoms with Crippen LogP contribution < -0.4 is 10.6 Å². The number of hydrogen-bond donors (Lipinski definition) is 2. The fourth-order valence-corrected chi connectivity index (χ4v) is 3.41. The molecule has 1 aromatic heterocycles. The van der Waals surface area contributed by atoms with Crippen molar-refractivity contribution in [1.82, 2.24) is 30.3 Å². The zero-order chi connectivity index (χ0) is 16.9. The van der Waals surface area contributed by atoms with E-state index in [1.807, 2.05) is 18.5 Å². The zero-order valence-electron chi connectivity index (χ0n) is 14.8. The SMILES string of the molecule is C[C@H](NC(=O)NCC1(N(C)C)CCCCCC1)c1nncn1C. The van der Waals surface area contributed by atoms with Crippen molar-refractivity contribution in [2.45, 2.75) is 57.0 Å². The van der Waals surface area contributed by atoms with Gasteiger partial charge in [0.2, 0.25) is 0 Å². The number of likely N-dealkylation sites (N-methyl/N-ethyl adjacent to an activating group) is 1. The highest BCUT2D eigenvalue weighted by molar-refractivity contribution is 5.74. The van der Waals surface area contributed by atoms with E-state index >= 15 is 0 Å². The molecule has 1 aliphatic rings. The van der Waals surface area contributed by atoms with Crippen molar-refractivity contribution in [1.29, 1.82) is 0 Å². The molecule has 0 saturated heterocycles. The van der Waals surface area contributed by atoms with E-state index < -0.39 is 0 Å². The summed E-state index contributed by atoms with van der Waals surface area (Å²) >= 11 is 0. The van der Waals surface area contributed by atoms with Crippen LogP contribution >= 0.6 is 0 Å². The average molecular weight is 322 g/mol. The van der Waals surface area contributed by atoms with Crippen molar-refractivity contribution >= 4 is 6.03 Å². The van der Waals surface area contributed by atoms with Crippen LogP contribution in [-0.2, 0) is 7.05 Å². The van der Waals surface area contributed by atoms with Crippen LogP contribution in [0, 0.1) is 0 Å². The zero-order valence-corrected chi connectivity index (χ0v) is 14.8. The molecule has 1 atom stereocenters. The number of carbonyl (C=O) groups excluding carboxylic acids is 1. The highest BCUT2D eigenvalue weighted by atomic mass is 16.2. The van der Waals surface area contributed by atoms with Gasteiger partial charge in [0.05, 0.1) is 6.04 Å². The number of amides is 2. The molecule has 1 aromatic rings. The molecule has 2 N–H and O–H groups in total. The first-order chi connectivity index (χ1) is 10.9. The van der Waals surface area contributed by atoms with E-state index in [1.54, 1.807) is 6.33 Å². The molecule has 7 nitrogen and oxygen atoms in total. The first kappa shape index (κ1) is 17.7. The lowest BCUT2D eigenvalue weighted by atomic mass is 9.89. The summed E-state index contributed by atoms with van der Waals surface area (Å²) in [4.78, 5) is 14.5. The lowest BCUT2D eigenvalue weighted by molar-refractivity contribution is 0.127. The van der Waals surface area contributed by atoms with Gasteiger partial charge in [-0.1, -0.05) is 25.7 Å². The molecule has 2 rings (SSSR count). The first-order valence-corrected chi connectivity index (χ1v) is 8.50. The van der Waals surface area contributed by atoms with Gasteiger partial charge in [-0.3, -0.25) is 0 Å². The minimum absolute atomic E-state index is 0.0713. The normalized spacial score (nSPS) is 19.2. The van der Waals surface area contributed by atoms with Gasteiger partial charge in [-0.05, 0) is 33.9 Å². The molecular weight excluding hydrogens is 292 g/mol. The monoisotopic (exact) mass is 322 g/mol. The molecule has 1 fully saturated rings. The molecule has 0 unspecified atom stereocenters. The third-order valence-corrected chi connectivity index (χ3v) is 5.04. The summed E-state index contributed by atoms with van der Waals surface area (Å²) in [5, 5.41) is 13.9. The van der Waals surface area contributed by atoms with E-state index in [4.69, 9.17) is 0 Å². The van der Waals surface area contributed by atoms with Gasteiger partial charge in [-0.15, -0.1) is 10.2 Å². The minimum atomic E-state index is -0.174. The maximum absolute atomic E-state index is 12.3. The van der Waals surface area contributed by atoms with Gasteiger partial charge < -0.3 is 20.1 Å². The van der Waals surface area contributed by atoms with Gasteiger partial charge in [0.25, 0.3) is 0 Å². The number of nitrogens with zero attached hydrogens (tertiary/aromatic N) is 4. The lowest BCUT2D eigenvalue weighted by Crippen LogP contribution is -2.54. The van der Waals surface area contributed by atoms with Crippen LogP contribution in [0.1, 0.15) is 57.3 Å². The smallest absolute Gasteiger partial charge is 0.315 e. The van der Waals surface area contributed by atoms with Crippen LogP contribution in [0.15, 0.2) is 6.33 Å². The van der Waals surface area contributed by atoms with E-state index in [0.717, 1.165) is 18.7 Å². The number of hydrogen-bond acceptors (Lipinski definition) is 4. The Balaban J connectivity index is 1.90. The van der Waals surface area contributed by atoms with Gasteiger partial charge >= 0.3 is 6.03 Å². The number of nitrogens with one attached hydrogen (secondary N) is 2. The van der Waals surface area contributed by atoms with Crippen molar-refractivity contribution in [3.8, 4) is 0 Å². The molecule has 0 bridgehead atoms. The van der Waals surface area contributed by atoms with E-state index in [-0.39, 0.29) is 17.6 Å². The highest BCUT2D eigenvalue weighted by Gasteiger charge is 2.33. The van der Waals surface area contributed by atoms with E-state index in [9.17, 15) is 4.79 Å². The van der Waals surface area contributed by atoms with Crippen LogP contribution in [-0.4, -0.2) is 51.9 Å². The number of urea groups is 1. The second-order valence-corrected chi connectivity index (χ2v) is 6.88. The Kier molecular flexibility index (Phi) is 5.98. The van der Waals surface area contributed by atoms with Crippen molar-refractivity contribution in [3.05, 3.63) is 12.2 Å². The molecule has 23 heavy (non-hydrogen) atoms. The van der Waals surface area contributed by atoms with Gasteiger partial charge in [0, 0.05) is 19.1 Å². The van der Waals surface area contributed by atoms with Gasteiger partial charge in [-0.2, -0.15) is 0 Å². The number of carbonyl (C=O) groups is 1. The molecular formula is C16H30N6O. The predicted octanol–water partition coefficient (Wildman–Crippen LogP) is 1.83. The van der Waals surface area contributed by atoms with E-state index in [1.165, 1.54) is 25.7 Å². The predicted molar refractivity (Wildman–Crippen MR) is 90.1 cm³/mol. The van der Waals surface area contributed by atoms with E-state index in [0.29, 0.717) is 6.54 Å². The van der Waals surface area contributed by atoms with Gasteiger partial charge in [0.1, 0.15) is 6.33 Å². The summed E-state index contributed by atoms with van der Waals surface area (Å²) in [7, 11) is 6.11. The fourth-order valence-electron chi connectivity index (χ4n) is 3.41. The second kappa shape index (κ2) is 7.77. The van der Waals surface area contributed by atoms with Gasteiger partial charge in [-0.25, -0.2) is 4.79 Å². The maximum Gasteiger partial charge on any atom is 0.315 e. The van der Waals surface area contributed by atoms with Crippen LogP contribution in [0.5, 0.6) is 0 Å². The second-order valence-electron chi connectivity index (χ2n) is 6.88. The topological polar surface area (TPSA) is 75.1 Å². The highest BCUT2D eigenvalue weighted by Crippen LogP contribution is 2.30. The fraction of sp³-hybridized carbons (Fsp3) is 0.812. The van der Waals surface area contributed by atoms with Crippen LogP contribution in [0.2, 0.25) is 0 Å². The Labute approximate surface area is 138 Å². The Bertz CT molecular complexity index is 504. The molecule has 130 valence electrons. The Hall–Kier alpha value is -1.63. The molecule has 1 saturated carbocycles. The summed E-state index contributed by atoms with van der Waals surface area (Å²) in [5.41, 5.74) is 0.0713. The van der Waals surface area contributed by atoms with Gasteiger partial charge in [0.15, 0.2) is 5.82 Å². The standard InChI is InChI=1S/C16H30N6O/c1-13(14-20-18-12-22(14)4)19-15(23)17-11-16(21(2)3)9-7-5-6-8-10-16/h12-13H,5-11H2,1-4H3,(H2,17,19,23)/t13-/m0/s1. The first-order valence-electron chi connectivity index (χ1n) is 8.50. The van der Waals surface area contributed by atoms with Crippen molar-refractivity contribution in [2.75, 3.05) is 20.6 Å². The van der Waals surface area contributed by atoms with E-state index in [2.05, 4.69) is 39.8 Å². The van der Waals surface area contributed by atoms with Crippen molar-refractivity contribution in [3.63, 3.8) is 0 Å². The summed E-state index contributed by atoms with van der Waals surface area (Å²) in [6.07, 6.45) is 8.97. The number of aromatic nitrogens is 3. The molecule has 7 heteroatoms.